The van der Waals surface area contributed by atoms with Gasteiger partial charge in [-0.3, -0.25) is 4.79 Å². The van der Waals surface area contributed by atoms with E-state index in [9.17, 15) is 13.6 Å². The van der Waals surface area contributed by atoms with Crippen molar-refractivity contribution in [2.24, 2.45) is 5.92 Å². The molecule has 0 spiro atoms. The van der Waals surface area contributed by atoms with Crippen molar-refractivity contribution < 1.29 is 13.6 Å². The number of piperidine rings is 1. The normalized spacial score (nSPS) is 15.4. The number of rotatable bonds is 3. The standard InChI is InChI=1S/C17H18F2N4O/c1-11-5-7-23(8-6-11)15-10-20-14(9-21-15)17(24)22-16-12(18)3-2-4-13(16)19/h2-4,9-11H,5-8H2,1H3,(H,22,24). The van der Waals surface area contributed by atoms with Crippen LogP contribution in [0.15, 0.2) is 30.6 Å². The molecule has 0 radical (unpaired) electrons. The number of carbonyl (C=O) groups is 1. The molecule has 3 rings (SSSR count). The molecule has 1 amide bonds. The van der Waals surface area contributed by atoms with Gasteiger partial charge in [-0.1, -0.05) is 13.0 Å². The number of nitrogens with one attached hydrogen (secondary N) is 1. The van der Waals surface area contributed by atoms with Crippen LogP contribution in [0.2, 0.25) is 0 Å². The van der Waals surface area contributed by atoms with Gasteiger partial charge >= 0.3 is 0 Å². The van der Waals surface area contributed by atoms with Crippen LogP contribution < -0.4 is 10.2 Å². The van der Waals surface area contributed by atoms with Crippen molar-refractivity contribution in [2.45, 2.75) is 19.8 Å². The fraction of sp³-hybridized carbons (Fsp3) is 0.353. The van der Waals surface area contributed by atoms with Crippen LogP contribution in [0.3, 0.4) is 0 Å². The molecule has 0 saturated carbocycles. The molecule has 1 N–H and O–H groups in total. The van der Waals surface area contributed by atoms with Gasteiger partial charge in [0.05, 0.1) is 12.4 Å². The molecule has 1 fully saturated rings. The number of hydrogen-bond acceptors (Lipinski definition) is 4. The minimum absolute atomic E-state index is 0.00628. The number of carbonyl (C=O) groups excluding carboxylic acids is 1. The molecule has 24 heavy (non-hydrogen) atoms. The number of anilines is 2. The summed E-state index contributed by atoms with van der Waals surface area (Å²) in [5.41, 5.74) is -0.481. The first-order chi connectivity index (χ1) is 11.5. The zero-order valence-electron chi connectivity index (χ0n) is 13.3. The van der Waals surface area contributed by atoms with E-state index in [0.717, 1.165) is 38.1 Å². The third-order valence-electron chi connectivity index (χ3n) is 4.18. The van der Waals surface area contributed by atoms with Crippen molar-refractivity contribution in [1.82, 2.24) is 9.97 Å². The van der Waals surface area contributed by atoms with Gasteiger partial charge in [-0.25, -0.2) is 18.7 Å². The average molecular weight is 332 g/mol. The Kier molecular flexibility index (Phi) is 4.69. The van der Waals surface area contributed by atoms with Crippen LogP contribution in [0.5, 0.6) is 0 Å². The number of benzene rings is 1. The molecule has 1 aromatic carbocycles. The summed E-state index contributed by atoms with van der Waals surface area (Å²) in [7, 11) is 0. The number of para-hydroxylation sites is 1. The highest BCUT2D eigenvalue weighted by Gasteiger charge is 2.19. The molecule has 1 aromatic heterocycles. The summed E-state index contributed by atoms with van der Waals surface area (Å²) >= 11 is 0. The fourth-order valence-electron chi connectivity index (χ4n) is 2.63. The molecule has 1 aliphatic heterocycles. The van der Waals surface area contributed by atoms with E-state index in [4.69, 9.17) is 0 Å². The van der Waals surface area contributed by atoms with Crippen LogP contribution in [0.4, 0.5) is 20.3 Å². The van der Waals surface area contributed by atoms with Gasteiger partial charge in [0, 0.05) is 13.1 Å². The molecule has 0 aliphatic carbocycles. The molecule has 2 aromatic rings. The van der Waals surface area contributed by atoms with Crippen molar-refractivity contribution in [2.75, 3.05) is 23.3 Å². The molecule has 7 heteroatoms. The van der Waals surface area contributed by atoms with E-state index in [1.165, 1.54) is 18.5 Å². The quantitative estimate of drug-likeness (QED) is 0.937. The molecule has 0 bridgehead atoms. The third-order valence-corrected chi connectivity index (χ3v) is 4.18. The van der Waals surface area contributed by atoms with Gasteiger partial charge in [0.1, 0.15) is 28.8 Å². The Bertz CT molecular complexity index is 708. The lowest BCUT2D eigenvalue weighted by Gasteiger charge is -2.30. The highest BCUT2D eigenvalue weighted by molar-refractivity contribution is 6.02. The van der Waals surface area contributed by atoms with Crippen LogP contribution in [-0.4, -0.2) is 29.0 Å². The summed E-state index contributed by atoms with van der Waals surface area (Å²) in [6.45, 7) is 4.03. The third kappa shape index (κ3) is 3.50. The lowest BCUT2D eigenvalue weighted by Crippen LogP contribution is -2.33. The monoisotopic (exact) mass is 332 g/mol. The van der Waals surface area contributed by atoms with E-state index in [1.54, 1.807) is 0 Å². The summed E-state index contributed by atoms with van der Waals surface area (Å²) in [5, 5.41) is 2.19. The van der Waals surface area contributed by atoms with Crippen LogP contribution in [0, 0.1) is 17.6 Å². The second kappa shape index (κ2) is 6.90. The van der Waals surface area contributed by atoms with E-state index in [1.807, 2.05) is 0 Å². The zero-order valence-corrected chi connectivity index (χ0v) is 13.3. The number of nitrogens with zero attached hydrogens (tertiary/aromatic N) is 3. The SMILES string of the molecule is CC1CCN(c2cnc(C(=O)Nc3c(F)cccc3F)cn2)CC1. The van der Waals surface area contributed by atoms with E-state index >= 15 is 0 Å². The first-order valence-corrected chi connectivity index (χ1v) is 7.87. The Morgan fingerprint density at radius 1 is 1.17 bits per heavy atom. The van der Waals surface area contributed by atoms with E-state index < -0.39 is 23.2 Å². The Hall–Kier alpha value is -2.57. The molecule has 126 valence electrons. The fourth-order valence-corrected chi connectivity index (χ4v) is 2.63. The molecule has 2 heterocycles. The van der Waals surface area contributed by atoms with Crippen LogP contribution in [0.1, 0.15) is 30.3 Å². The maximum atomic E-state index is 13.6. The summed E-state index contributed by atoms with van der Waals surface area (Å²) < 4.78 is 27.1. The maximum Gasteiger partial charge on any atom is 0.276 e. The molecule has 0 atom stereocenters. The predicted molar refractivity (Wildman–Crippen MR) is 87.0 cm³/mol. The van der Waals surface area contributed by atoms with Crippen LogP contribution in [0.25, 0.3) is 0 Å². The highest BCUT2D eigenvalue weighted by Crippen LogP contribution is 2.21. The van der Waals surface area contributed by atoms with Gasteiger partial charge in [0.2, 0.25) is 0 Å². The molecular formula is C17H18F2N4O. The predicted octanol–water partition coefficient (Wildman–Crippen LogP) is 3.24. The van der Waals surface area contributed by atoms with Gasteiger partial charge in [0.25, 0.3) is 5.91 Å². The minimum Gasteiger partial charge on any atom is -0.355 e. The lowest BCUT2D eigenvalue weighted by molar-refractivity contribution is 0.102. The van der Waals surface area contributed by atoms with Crippen molar-refractivity contribution in [3.63, 3.8) is 0 Å². The first-order valence-electron chi connectivity index (χ1n) is 7.87. The largest absolute Gasteiger partial charge is 0.355 e. The van der Waals surface area contributed by atoms with Gasteiger partial charge in [0.15, 0.2) is 0 Å². The van der Waals surface area contributed by atoms with Crippen molar-refractivity contribution in [3.8, 4) is 0 Å². The summed E-state index contributed by atoms with van der Waals surface area (Å²) in [6.07, 6.45) is 5.02. The topological polar surface area (TPSA) is 58.1 Å². The maximum absolute atomic E-state index is 13.6. The number of hydrogen-bond donors (Lipinski definition) is 1. The smallest absolute Gasteiger partial charge is 0.276 e. The molecule has 0 unspecified atom stereocenters. The molecule has 5 nitrogen and oxygen atoms in total. The van der Waals surface area contributed by atoms with E-state index in [2.05, 4.69) is 27.1 Å². The Labute approximate surface area is 138 Å². The second-order valence-corrected chi connectivity index (χ2v) is 5.98. The van der Waals surface area contributed by atoms with Crippen LogP contribution >= 0.6 is 0 Å². The van der Waals surface area contributed by atoms with Crippen molar-refractivity contribution in [3.05, 3.63) is 47.9 Å². The van der Waals surface area contributed by atoms with Crippen molar-refractivity contribution >= 4 is 17.4 Å². The first kappa shape index (κ1) is 16.3. The van der Waals surface area contributed by atoms with Gasteiger partial charge in [-0.15, -0.1) is 0 Å². The molecular weight excluding hydrogens is 314 g/mol. The Morgan fingerprint density at radius 3 is 2.42 bits per heavy atom. The van der Waals surface area contributed by atoms with Crippen LogP contribution in [-0.2, 0) is 0 Å². The minimum atomic E-state index is -0.838. The summed E-state index contributed by atoms with van der Waals surface area (Å²) in [5.74, 6) is -0.971. The van der Waals surface area contributed by atoms with Gasteiger partial charge in [-0.05, 0) is 30.9 Å². The molecule has 1 saturated heterocycles. The zero-order chi connectivity index (χ0) is 17.1. The second-order valence-electron chi connectivity index (χ2n) is 5.98. The average Bonchev–Trinajstić information content (AvgIpc) is 2.59. The number of halogens is 2. The Balaban J connectivity index is 1.70. The van der Waals surface area contributed by atoms with Gasteiger partial charge in [-0.2, -0.15) is 0 Å². The summed E-state index contributed by atoms with van der Waals surface area (Å²) in [6, 6.07) is 3.38. The highest BCUT2D eigenvalue weighted by atomic mass is 19.1. The molecule has 1 aliphatic rings. The lowest BCUT2D eigenvalue weighted by atomic mass is 9.99. The van der Waals surface area contributed by atoms with Crippen molar-refractivity contribution in [1.29, 1.82) is 0 Å². The number of aromatic nitrogens is 2. The van der Waals surface area contributed by atoms with E-state index in [-0.39, 0.29) is 5.69 Å². The van der Waals surface area contributed by atoms with Gasteiger partial charge < -0.3 is 10.2 Å². The van der Waals surface area contributed by atoms with E-state index in [0.29, 0.717) is 11.7 Å². The number of amides is 1. The summed E-state index contributed by atoms with van der Waals surface area (Å²) in [4.78, 5) is 22.5. The Morgan fingerprint density at radius 2 is 1.83 bits per heavy atom.